The number of hydrogen-bond acceptors (Lipinski definition) is 33. The SMILES string of the molecule is O=C(OC1CC(=O)c2cc(O)c(O)c(O)c2-c2c(O)c(O)c3oc(=O)c4c(c(O)c(O)c5oc(=O)c2c3c54)-c2c(cc(O)c(O)c2O)C(=O)OC1C1OC(=O)c2cc(O)c(O)c(O)c2-c2c(O)c(O)c(O)c3c2C(=O)OC1C3O)c1cc(O)c(O)c(O)c1. The summed E-state index contributed by atoms with van der Waals surface area (Å²) < 4.78 is 33.6. The molecule has 450 valence electrons. The molecular formula is C55H32O33. The third-order valence-corrected chi connectivity index (χ3v) is 15.1. The number of hydrogen-bond donors (Lipinski definition) is 20. The highest BCUT2D eigenvalue weighted by molar-refractivity contribution is 6.29. The Balaban J connectivity index is 1.24. The summed E-state index contributed by atoms with van der Waals surface area (Å²) in [6, 6.07) is 1.47. The number of aliphatic hydroxyl groups is 1. The Labute approximate surface area is 479 Å². The van der Waals surface area contributed by atoms with E-state index in [1.165, 1.54) is 0 Å². The summed E-state index contributed by atoms with van der Waals surface area (Å²) >= 11 is 0. The van der Waals surface area contributed by atoms with Crippen molar-refractivity contribution in [2.45, 2.75) is 36.9 Å². The largest absolute Gasteiger partial charge is 0.504 e. The molecule has 7 aromatic carbocycles. The van der Waals surface area contributed by atoms with Crippen LogP contribution in [0.15, 0.2) is 48.8 Å². The van der Waals surface area contributed by atoms with Crippen LogP contribution < -0.4 is 11.3 Å². The van der Waals surface area contributed by atoms with Gasteiger partial charge in [-0.25, -0.2) is 28.8 Å². The number of fused-ring (bicyclic) bond motifs is 7. The standard InChI is InChI=1S/C55H32O33/c56-11-6-17(83-50(77)7-1-12(57)30(62)13(58)2-7)45(49-48-41(73)29-28(55(82)87-48)23(37(69)42(74)40(29)72)20-10(52(79)88-49)5-16(61)33(65)36(20)68)84-51(78)9-4-15(60)32(64)35(67)19(9)22-27-25-24-26(53(80)85-47(25)44(76)39(22)71)21(38(70)43(75)46(24)86-54(27)81)18-8(11)3-14(59)31(63)34(18)66/h1-5,17,41,45,48-49,57-76H,6H2. The molecule has 9 aromatic rings. The van der Waals surface area contributed by atoms with E-state index in [2.05, 4.69) is 0 Å². The highest BCUT2D eigenvalue weighted by Gasteiger charge is 2.55. The van der Waals surface area contributed by atoms with E-state index >= 15 is 9.59 Å². The Morgan fingerprint density at radius 1 is 0.375 bits per heavy atom. The number of ketones is 1. The monoisotopic (exact) mass is 1220 g/mol. The van der Waals surface area contributed by atoms with Crippen LogP contribution in [0.4, 0.5) is 0 Å². The fourth-order valence-electron chi connectivity index (χ4n) is 11.1. The van der Waals surface area contributed by atoms with Gasteiger partial charge in [-0.15, -0.1) is 0 Å². The van der Waals surface area contributed by atoms with Gasteiger partial charge in [-0.1, -0.05) is 0 Å². The Morgan fingerprint density at radius 2 is 0.761 bits per heavy atom. The zero-order chi connectivity index (χ0) is 63.8. The van der Waals surface area contributed by atoms with Gasteiger partial charge in [-0.05, 0) is 30.3 Å². The van der Waals surface area contributed by atoms with Gasteiger partial charge < -0.3 is 130 Å². The number of aromatic hydroxyl groups is 19. The minimum absolute atomic E-state index is 0.168. The van der Waals surface area contributed by atoms with Gasteiger partial charge in [0.2, 0.25) is 34.5 Å². The Morgan fingerprint density at radius 3 is 1.24 bits per heavy atom. The van der Waals surface area contributed by atoms with Gasteiger partial charge in [-0.2, -0.15) is 0 Å². The maximum Gasteiger partial charge on any atom is 0.345 e. The Kier molecular flexibility index (Phi) is 11.8. The number of carbonyl (C=O) groups excluding carboxylic acids is 5. The summed E-state index contributed by atoms with van der Waals surface area (Å²) in [5.74, 6) is -39.8. The molecule has 4 aliphatic rings. The first-order valence-electron chi connectivity index (χ1n) is 24.5. The van der Waals surface area contributed by atoms with E-state index in [1.807, 2.05) is 0 Å². The van der Waals surface area contributed by atoms with Crippen LogP contribution in [0.3, 0.4) is 0 Å². The van der Waals surface area contributed by atoms with Crippen LogP contribution >= 0.6 is 0 Å². The number of phenols is 19. The molecule has 0 amide bonds. The molecule has 33 heteroatoms. The number of aliphatic hydroxyl groups excluding tert-OH is 1. The Bertz CT molecular complexity index is 4890. The molecule has 20 N–H and O–H groups in total. The molecule has 10 bridgehead atoms. The lowest BCUT2D eigenvalue weighted by Crippen LogP contribution is -2.55. The fraction of sp³-hybridized carbons (Fsp3) is 0.109. The molecule has 5 unspecified atom stereocenters. The van der Waals surface area contributed by atoms with Crippen molar-refractivity contribution in [1.29, 1.82) is 0 Å². The van der Waals surface area contributed by atoms with E-state index in [1.54, 1.807) is 0 Å². The minimum atomic E-state index is -3.25. The molecule has 0 saturated carbocycles. The van der Waals surface area contributed by atoms with Gasteiger partial charge in [0.25, 0.3) is 0 Å². The van der Waals surface area contributed by atoms with Crippen molar-refractivity contribution in [2.75, 3.05) is 0 Å². The molecule has 5 atom stereocenters. The number of benzene rings is 7. The number of ether oxygens (including phenoxy) is 4. The molecule has 0 radical (unpaired) electrons. The van der Waals surface area contributed by atoms with E-state index in [4.69, 9.17) is 27.8 Å². The van der Waals surface area contributed by atoms with E-state index < -0.39 is 287 Å². The van der Waals surface area contributed by atoms with Crippen molar-refractivity contribution < 1.29 is 154 Å². The molecule has 6 heterocycles. The minimum Gasteiger partial charge on any atom is -0.504 e. The molecule has 0 saturated heterocycles. The highest BCUT2D eigenvalue weighted by atomic mass is 16.6. The number of esters is 4. The third kappa shape index (κ3) is 7.39. The fourth-order valence-corrected chi connectivity index (χ4v) is 11.1. The quantitative estimate of drug-likeness (QED) is 0.0397. The number of Topliss-reactive ketones (excluding diaryl/α,β-unsaturated/α-hetero) is 1. The van der Waals surface area contributed by atoms with E-state index in [0.717, 1.165) is 0 Å². The van der Waals surface area contributed by atoms with E-state index in [0.29, 0.717) is 12.1 Å². The van der Waals surface area contributed by atoms with Gasteiger partial charge in [0.05, 0.1) is 39.4 Å². The molecule has 0 spiro atoms. The van der Waals surface area contributed by atoms with Gasteiger partial charge in [0.15, 0.2) is 116 Å². The smallest absolute Gasteiger partial charge is 0.345 e. The number of rotatable bonds is 3. The molecule has 88 heavy (non-hydrogen) atoms. The molecule has 2 aromatic heterocycles. The second kappa shape index (κ2) is 18.6. The van der Waals surface area contributed by atoms with Crippen LogP contribution in [0.25, 0.3) is 66.1 Å². The topological polar surface area (TPSA) is 587 Å². The number of carbonyl (C=O) groups is 5. The molecule has 0 aliphatic carbocycles. The first-order valence-corrected chi connectivity index (χ1v) is 24.5. The molecular weight excluding hydrogens is 1190 g/mol. The van der Waals surface area contributed by atoms with Gasteiger partial charge in [0, 0.05) is 55.3 Å². The zero-order valence-corrected chi connectivity index (χ0v) is 42.7. The van der Waals surface area contributed by atoms with Crippen LogP contribution in [0.5, 0.6) is 109 Å². The van der Waals surface area contributed by atoms with E-state index in [9.17, 15) is 126 Å². The molecule has 4 aliphatic heterocycles. The van der Waals surface area contributed by atoms with Crippen molar-refractivity contribution in [1.82, 2.24) is 0 Å². The van der Waals surface area contributed by atoms with Crippen molar-refractivity contribution in [3.8, 4) is 143 Å². The van der Waals surface area contributed by atoms with Gasteiger partial charge in [-0.3, -0.25) is 4.79 Å². The lowest BCUT2D eigenvalue weighted by molar-refractivity contribution is -0.149. The van der Waals surface area contributed by atoms with Gasteiger partial charge in [0.1, 0.15) is 6.10 Å². The van der Waals surface area contributed by atoms with Crippen LogP contribution in [0.1, 0.15) is 69.9 Å². The molecule has 0 fully saturated rings. The average Bonchev–Trinajstić information content (AvgIpc) is 0.842. The maximum atomic E-state index is 15.6. The van der Waals surface area contributed by atoms with Crippen LogP contribution in [0, 0.1) is 0 Å². The van der Waals surface area contributed by atoms with Crippen molar-refractivity contribution in [3.05, 3.63) is 84.6 Å². The maximum absolute atomic E-state index is 15.6. The highest BCUT2D eigenvalue weighted by Crippen LogP contribution is 2.61. The first kappa shape index (κ1) is 55.7. The summed E-state index contributed by atoms with van der Waals surface area (Å²) in [6.45, 7) is 0. The summed E-state index contributed by atoms with van der Waals surface area (Å²) in [6.07, 6.45) is -17.1. The summed E-state index contributed by atoms with van der Waals surface area (Å²) in [5.41, 5.74) is -22.0. The summed E-state index contributed by atoms with van der Waals surface area (Å²) in [5, 5.41) is 221. The summed E-state index contributed by atoms with van der Waals surface area (Å²) in [7, 11) is 0. The number of cyclic esters (lactones) is 1. The third-order valence-electron chi connectivity index (χ3n) is 15.1. The predicted octanol–water partition coefficient (Wildman–Crippen LogP) is 3.05. The zero-order valence-electron chi connectivity index (χ0n) is 42.7. The van der Waals surface area contributed by atoms with Gasteiger partial charge >= 0.3 is 35.1 Å². The first-order chi connectivity index (χ1) is 41.4. The van der Waals surface area contributed by atoms with Crippen molar-refractivity contribution >= 4 is 62.4 Å². The van der Waals surface area contributed by atoms with Crippen LogP contribution in [-0.4, -0.2) is 156 Å². The average molecular weight is 1220 g/mol. The molecule has 13 rings (SSSR count). The molecule has 33 nitrogen and oxygen atoms in total. The summed E-state index contributed by atoms with van der Waals surface area (Å²) in [4.78, 5) is 104. The normalized spacial score (nSPS) is 18.1. The van der Waals surface area contributed by atoms with E-state index in [-0.39, 0.29) is 18.2 Å². The van der Waals surface area contributed by atoms with Crippen LogP contribution in [-0.2, 0) is 18.9 Å². The Hall–Kier alpha value is -12.8. The van der Waals surface area contributed by atoms with Crippen LogP contribution in [0.2, 0.25) is 0 Å². The lowest BCUT2D eigenvalue weighted by atomic mass is 9.82. The second-order valence-electron chi connectivity index (χ2n) is 19.8. The van der Waals surface area contributed by atoms with Crippen molar-refractivity contribution in [2.24, 2.45) is 0 Å². The predicted molar refractivity (Wildman–Crippen MR) is 279 cm³/mol. The van der Waals surface area contributed by atoms with Crippen molar-refractivity contribution in [3.63, 3.8) is 0 Å². The second-order valence-corrected chi connectivity index (χ2v) is 19.8. The number of phenolic OH excluding ortho intramolecular Hbond substituents is 19. The lowest BCUT2D eigenvalue weighted by Gasteiger charge is -2.41.